The zero-order valence-electron chi connectivity index (χ0n) is 10.4. The highest BCUT2D eigenvalue weighted by molar-refractivity contribution is 5.68. The van der Waals surface area contributed by atoms with E-state index in [0.717, 1.165) is 5.56 Å². The van der Waals surface area contributed by atoms with Gasteiger partial charge in [-0.1, -0.05) is 5.16 Å². The molecule has 0 fully saturated rings. The SMILES string of the molecule is O=C(O)COCc1cc(-c2ccc3c(c2)OCO3)on1. The number of hydrogen-bond acceptors (Lipinski definition) is 6. The summed E-state index contributed by atoms with van der Waals surface area (Å²) in [5, 5.41) is 12.3. The van der Waals surface area contributed by atoms with E-state index in [9.17, 15) is 4.79 Å². The fourth-order valence-corrected chi connectivity index (χ4v) is 1.81. The number of nitrogens with zero attached hydrogens (tertiary/aromatic N) is 1. The van der Waals surface area contributed by atoms with E-state index in [1.54, 1.807) is 18.2 Å². The summed E-state index contributed by atoms with van der Waals surface area (Å²) in [5.41, 5.74) is 1.32. The maximum absolute atomic E-state index is 10.3. The minimum Gasteiger partial charge on any atom is -0.480 e. The molecule has 20 heavy (non-hydrogen) atoms. The van der Waals surface area contributed by atoms with Crippen molar-refractivity contribution in [1.29, 1.82) is 0 Å². The molecule has 0 saturated carbocycles. The molecule has 0 unspecified atom stereocenters. The van der Waals surface area contributed by atoms with Crippen molar-refractivity contribution in [3.05, 3.63) is 30.0 Å². The summed E-state index contributed by atoms with van der Waals surface area (Å²) in [7, 11) is 0. The number of fused-ring (bicyclic) bond motifs is 1. The van der Waals surface area contributed by atoms with E-state index in [1.807, 2.05) is 6.07 Å². The Morgan fingerprint density at radius 3 is 3.00 bits per heavy atom. The summed E-state index contributed by atoms with van der Waals surface area (Å²) in [5.74, 6) is 0.877. The van der Waals surface area contributed by atoms with Crippen LogP contribution in [-0.2, 0) is 16.1 Å². The summed E-state index contributed by atoms with van der Waals surface area (Å²) in [6, 6.07) is 7.11. The molecule has 0 bridgehead atoms. The van der Waals surface area contributed by atoms with Gasteiger partial charge in [0.25, 0.3) is 0 Å². The van der Waals surface area contributed by atoms with Crippen molar-refractivity contribution in [2.24, 2.45) is 0 Å². The molecule has 0 saturated heterocycles. The van der Waals surface area contributed by atoms with Crippen LogP contribution in [0.2, 0.25) is 0 Å². The fraction of sp³-hybridized carbons (Fsp3) is 0.231. The molecule has 1 aromatic carbocycles. The molecule has 2 heterocycles. The van der Waals surface area contributed by atoms with Gasteiger partial charge >= 0.3 is 5.97 Å². The van der Waals surface area contributed by atoms with Crippen LogP contribution in [-0.4, -0.2) is 29.6 Å². The average Bonchev–Trinajstić information content (AvgIpc) is 3.05. The lowest BCUT2D eigenvalue weighted by Crippen LogP contribution is -2.06. The minimum absolute atomic E-state index is 0.0837. The zero-order chi connectivity index (χ0) is 13.9. The lowest BCUT2D eigenvalue weighted by atomic mass is 10.1. The van der Waals surface area contributed by atoms with Gasteiger partial charge in [-0.15, -0.1) is 0 Å². The number of rotatable bonds is 5. The van der Waals surface area contributed by atoms with Crippen LogP contribution in [0.3, 0.4) is 0 Å². The maximum atomic E-state index is 10.3. The van der Waals surface area contributed by atoms with E-state index in [0.29, 0.717) is 23.0 Å². The Bertz CT molecular complexity index is 636. The van der Waals surface area contributed by atoms with E-state index < -0.39 is 5.97 Å². The molecule has 0 atom stereocenters. The Hall–Kier alpha value is -2.54. The van der Waals surface area contributed by atoms with Gasteiger partial charge in [0, 0.05) is 11.6 Å². The second kappa shape index (κ2) is 5.22. The molecule has 104 valence electrons. The molecule has 0 aliphatic carbocycles. The molecule has 7 nitrogen and oxygen atoms in total. The highest BCUT2D eigenvalue weighted by Gasteiger charge is 2.16. The van der Waals surface area contributed by atoms with Crippen molar-refractivity contribution >= 4 is 5.97 Å². The molecule has 1 aliphatic rings. The van der Waals surface area contributed by atoms with E-state index >= 15 is 0 Å². The molecule has 1 N–H and O–H groups in total. The van der Waals surface area contributed by atoms with Gasteiger partial charge in [-0.2, -0.15) is 0 Å². The smallest absolute Gasteiger partial charge is 0.329 e. The second-order valence-corrected chi connectivity index (χ2v) is 4.14. The molecular weight excluding hydrogens is 266 g/mol. The zero-order valence-corrected chi connectivity index (χ0v) is 10.4. The number of aliphatic carboxylic acids is 1. The first-order chi connectivity index (χ1) is 9.72. The minimum atomic E-state index is -1.02. The lowest BCUT2D eigenvalue weighted by Gasteiger charge is -1.98. The van der Waals surface area contributed by atoms with Crippen LogP contribution in [0, 0.1) is 0 Å². The van der Waals surface area contributed by atoms with Crippen LogP contribution in [0.15, 0.2) is 28.8 Å². The van der Waals surface area contributed by atoms with Crippen LogP contribution in [0.25, 0.3) is 11.3 Å². The first-order valence-corrected chi connectivity index (χ1v) is 5.87. The third kappa shape index (κ3) is 2.57. The summed E-state index contributed by atoms with van der Waals surface area (Å²) in [6.07, 6.45) is 0. The topological polar surface area (TPSA) is 91.0 Å². The number of hydrogen-bond donors (Lipinski definition) is 1. The van der Waals surface area contributed by atoms with Crippen LogP contribution in [0.1, 0.15) is 5.69 Å². The summed E-state index contributed by atoms with van der Waals surface area (Å²) >= 11 is 0. The quantitative estimate of drug-likeness (QED) is 0.888. The monoisotopic (exact) mass is 277 g/mol. The van der Waals surface area contributed by atoms with Crippen LogP contribution in [0.5, 0.6) is 11.5 Å². The standard InChI is InChI=1S/C13H11NO6/c15-13(16)6-17-5-9-4-11(20-14-9)8-1-2-10-12(3-8)19-7-18-10/h1-4H,5-7H2,(H,15,16). The third-order valence-electron chi connectivity index (χ3n) is 2.69. The normalized spacial score (nSPS) is 12.6. The number of aromatic nitrogens is 1. The first kappa shape index (κ1) is 12.5. The van der Waals surface area contributed by atoms with E-state index in [1.165, 1.54) is 0 Å². The Kier molecular flexibility index (Phi) is 3.26. The number of benzene rings is 1. The molecule has 0 spiro atoms. The van der Waals surface area contributed by atoms with Gasteiger partial charge in [0.1, 0.15) is 12.3 Å². The molecule has 7 heteroatoms. The van der Waals surface area contributed by atoms with Gasteiger partial charge in [-0.3, -0.25) is 0 Å². The Balaban J connectivity index is 1.71. The van der Waals surface area contributed by atoms with Crippen LogP contribution >= 0.6 is 0 Å². The van der Waals surface area contributed by atoms with Gasteiger partial charge < -0.3 is 23.8 Å². The fourth-order valence-electron chi connectivity index (χ4n) is 1.81. The van der Waals surface area contributed by atoms with E-state index in [4.69, 9.17) is 23.8 Å². The van der Waals surface area contributed by atoms with Crippen molar-refractivity contribution < 1.29 is 28.6 Å². The van der Waals surface area contributed by atoms with Crippen molar-refractivity contribution in [3.63, 3.8) is 0 Å². The van der Waals surface area contributed by atoms with Gasteiger partial charge in [0.05, 0.1) is 6.61 Å². The Morgan fingerprint density at radius 1 is 1.30 bits per heavy atom. The van der Waals surface area contributed by atoms with E-state index in [-0.39, 0.29) is 20.0 Å². The molecule has 2 aromatic rings. The third-order valence-corrected chi connectivity index (χ3v) is 2.69. The second-order valence-electron chi connectivity index (χ2n) is 4.14. The Labute approximate surface area is 113 Å². The molecule has 1 aliphatic heterocycles. The molecule has 3 rings (SSSR count). The summed E-state index contributed by atoms with van der Waals surface area (Å²) < 4.78 is 20.6. The Morgan fingerprint density at radius 2 is 2.15 bits per heavy atom. The maximum Gasteiger partial charge on any atom is 0.329 e. The lowest BCUT2D eigenvalue weighted by molar-refractivity contribution is -0.142. The van der Waals surface area contributed by atoms with Gasteiger partial charge in [-0.25, -0.2) is 4.79 Å². The summed E-state index contributed by atoms with van der Waals surface area (Å²) in [6.45, 7) is -0.0734. The molecule has 0 amide bonds. The average molecular weight is 277 g/mol. The number of ether oxygens (including phenoxy) is 3. The number of carbonyl (C=O) groups is 1. The molecular formula is C13H11NO6. The van der Waals surface area contributed by atoms with Gasteiger partial charge in [0.2, 0.25) is 6.79 Å². The van der Waals surface area contributed by atoms with Crippen molar-refractivity contribution in [2.75, 3.05) is 13.4 Å². The van der Waals surface area contributed by atoms with Gasteiger partial charge in [0.15, 0.2) is 17.3 Å². The van der Waals surface area contributed by atoms with Crippen molar-refractivity contribution in [1.82, 2.24) is 5.16 Å². The van der Waals surface area contributed by atoms with Crippen LogP contribution in [0.4, 0.5) is 0 Å². The molecule has 0 radical (unpaired) electrons. The first-order valence-electron chi connectivity index (χ1n) is 5.87. The number of carboxylic acids is 1. The van der Waals surface area contributed by atoms with Crippen molar-refractivity contribution in [3.8, 4) is 22.8 Å². The van der Waals surface area contributed by atoms with Gasteiger partial charge in [-0.05, 0) is 18.2 Å². The van der Waals surface area contributed by atoms with E-state index in [2.05, 4.69) is 5.16 Å². The predicted molar refractivity (Wildman–Crippen MR) is 65.4 cm³/mol. The molecule has 1 aromatic heterocycles. The predicted octanol–water partition coefficient (Wildman–Crippen LogP) is 1.67. The highest BCUT2D eigenvalue weighted by atomic mass is 16.7. The summed E-state index contributed by atoms with van der Waals surface area (Å²) in [4.78, 5) is 10.3. The van der Waals surface area contributed by atoms with Crippen LogP contribution < -0.4 is 9.47 Å². The van der Waals surface area contributed by atoms with Crippen molar-refractivity contribution in [2.45, 2.75) is 6.61 Å². The number of carboxylic acid groups (broad SMARTS) is 1. The highest BCUT2D eigenvalue weighted by Crippen LogP contribution is 2.35. The largest absolute Gasteiger partial charge is 0.480 e.